The Morgan fingerprint density at radius 2 is 2.38 bits per heavy atom. The number of nitriles is 1. The lowest BCUT2D eigenvalue weighted by molar-refractivity contribution is 0.285. The van der Waals surface area contributed by atoms with Gasteiger partial charge in [0.15, 0.2) is 0 Å². The molecule has 4 nitrogen and oxygen atoms in total. The number of nitrogens with one attached hydrogen (secondary N) is 1. The van der Waals surface area contributed by atoms with Gasteiger partial charge in [-0.1, -0.05) is 6.42 Å². The molecule has 84 valence electrons. The third-order valence-electron chi connectivity index (χ3n) is 3.25. The first kappa shape index (κ1) is 10.7. The minimum absolute atomic E-state index is 0.372. The minimum atomic E-state index is 0.372. The zero-order chi connectivity index (χ0) is 11.5. The van der Waals surface area contributed by atoms with Gasteiger partial charge in [0.2, 0.25) is 0 Å². The SMILES string of the molecule is CC(Nc1ncc(N)cc1C#N)C1CCC1. The molecule has 1 aromatic rings. The standard InChI is InChI=1S/C12H16N4/c1-8(9-3-2-4-9)16-12-10(6-13)5-11(14)7-15-12/h5,7-9H,2-4,14H2,1H3,(H,15,16). The lowest BCUT2D eigenvalue weighted by atomic mass is 9.80. The van der Waals surface area contributed by atoms with Crippen LogP contribution in [0.2, 0.25) is 0 Å². The monoisotopic (exact) mass is 216 g/mol. The first-order chi connectivity index (χ1) is 7.70. The van der Waals surface area contributed by atoms with E-state index in [9.17, 15) is 0 Å². The van der Waals surface area contributed by atoms with Gasteiger partial charge in [0, 0.05) is 6.04 Å². The average Bonchev–Trinajstić information content (AvgIpc) is 2.18. The van der Waals surface area contributed by atoms with Crippen LogP contribution in [-0.4, -0.2) is 11.0 Å². The molecule has 1 aliphatic rings. The van der Waals surface area contributed by atoms with Crippen LogP contribution >= 0.6 is 0 Å². The summed E-state index contributed by atoms with van der Waals surface area (Å²) in [6.45, 7) is 2.14. The van der Waals surface area contributed by atoms with Crippen molar-refractivity contribution >= 4 is 11.5 Å². The molecule has 1 fully saturated rings. The van der Waals surface area contributed by atoms with E-state index in [4.69, 9.17) is 11.0 Å². The van der Waals surface area contributed by atoms with Crippen LogP contribution in [-0.2, 0) is 0 Å². The Morgan fingerprint density at radius 3 is 2.94 bits per heavy atom. The highest BCUT2D eigenvalue weighted by Crippen LogP contribution is 2.31. The molecule has 1 saturated carbocycles. The second-order valence-corrected chi connectivity index (χ2v) is 4.40. The van der Waals surface area contributed by atoms with Crippen molar-refractivity contribution in [1.82, 2.24) is 4.98 Å². The van der Waals surface area contributed by atoms with Crippen LogP contribution in [0.3, 0.4) is 0 Å². The molecule has 0 spiro atoms. The largest absolute Gasteiger partial charge is 0.397 e. The first-order valence-corrected chi connectivity index (χ1v) is 5.63. The zero-order valence-electron chi connectivity index (χ0n) is 9.40. The molecule has 2 rings (SSSR count). The smallest absolute Gasteiger partial charge is 0.144 e. The maximum atomic E-state index is 8.98. The van der Waals surface area contributed by atoms with Gasteiger partial charge in [0.1, 0.15) is 11.9 Å². The normalized spacial score (nSPS) is 17.2. The van der Waals surface area contributed by atoms with E-state index < -0.39 is 0 Å². The second kappa shape index (κ2) is 4.40. The number of pyridine rings is 1. The summed E-state index contributed by atoms with van der Waals surface area (Å²) in [5.41, 5.74) is 6.64. The van der Waals surface area contributed by atoms with E-state index in [0.29, 0.717) is 29.0 Å². The number of nitrogen functional groups attached to an aromatic ring is 1. The lowest BCUT2D eigenvalue weighted by Gasteiger charge is -2.32. The average molecular weight is 216 g/mol. The van der Waals surface area contributed by atoms with Crippen molar-refractivity contribution in [3.8, 4) is 6.07 Å². The third kappa shape index (κ3) is 2.08. The van der Waals surface area contributed by atoms with Crippen molar-refractivity contribution in [2.24, 2.45) is 5.92 Å². The van der Waals surface area contributed by atoms with Crippen molar-refractivity contribution in [2.75, 3.05) is 11.1 Å². The molecule has 16 heavy (non-hydrogen) atoms. The molecule has 1 atom stereocenters. The number of nitrogens with zero attached hydrogens (tertiary/aromatic N) is 2. The predicted molar refractivity (Wildman–Crippen MR) is 63.8 cm³/mol. The minimum Gasteiger partial charge on any atom is -0.397 e. The Hall–Kier alpha value is -1.76. The van der Waals surface area contributed by atoms with Crippen molar-refractivity contribution in [1.29, 1.82) is 5.26 Å². The Kier molecular flexibility index (Phi) is 2.95. The molecule has 0 aromatic carbocycles. The van der Waals surface area contributed by atoms with E-state index >= 15 is 0 Å². The number of nitrogens with two attached hydrogens (primary N) is 1. The Bertz CT molecular complexity index is 418. The van der Waals surface area contributed by atoms with E-state index in [1.165, 1.54) is 19.3 Å². The van der Waals surface area contributed by atoms with E-state index in [0.717, 1.165) is 0 Å². The molecule has 1 aliphatic carbocycles. The Balaban J connectivity index is 2.11. The summed E-state index contributed by atoms with van der Waals surface area (Å²) >= 11 is 0. The lowest BCUT2D eigenvalue weighted by Crippen LogP contribution is -2.31. The topological polar surface area (TPSA) is 74.7 Å². The van der Waals surface area contributed by atoms with E-state index in [1.807, 2.05) is 0 Å². The summed E-state index contributed by atoms with van der Waals surface area (Å²) in [6.07, 6.45) is 5.43. The summed E-state index contributed by atoms with van der Waals surface area (Å²) < 4.78 is 0. The molecule has 0 bridgehead atoms. The second-order valence-electron chi connectivity index (χ2n) is 4.40. The van der Waals surface area contributed by atoms with Gasteiger partial charge in [0.05, 0.1) is 17.4 Å². The van der Waals surface area contributed by atoms with Gasteiger partial charge < -0.3 is 11.1 Å². The molecule has 1 aromatic heterocycles. The number of aromatic nitrogens is 1. The fraction of sp³-hybridized carbons (Fsp3) is 0.500. The Morgan fingerprint density at radius 1 is 1.62 bits per heavy atom. The van der Waals surface area contributed by atoms with Crippen LogP contribution < -0.4 is 11.1 Å². The zero-order valence-corrected chi connectivity index (χ0v) is 9.40. The summed E-state index contributed by atoms with van der Waals surface area (Å²) in [5.74, 6) is 1.36. The Labute approximate surface area is 95.5 Å². The van der Waals surface area contributed by atoms with E-state index in [2.05, 4.69) is 23.3 Å². The molecule has 0 radical (unpaired) electrons. The molecule has 0 saturated heterocycles. The van der Waals surface area contributed by atoms with Gasteiger partial charge in [-0.25, -0.2) is 4.98 Å². The van der Waals surface area contributed by atoms with E-state index in [1.54, 1.807) is 12.3 Å². The molecule has 0 aliphatic heterocycles. The molecular weight excluding hydrogens is 200 g/mol. The van der Waals surface area contributed by atoms with Gasteiger partial charge in [-0.2, -0.15) is 5.26 Å². The van der Waals surface area contributed by atoms with Gasteiger partial charge in [-0.15, -0.1) is 0 Å². The van der Waals surface area contributed by atoms with E-state index in [-0.39, 0.29) is 0 Å². The highest BCUT2D eigenvalue weighted by Gasteiger charge is 2.24. The highest BCUT2D eigenvalue weighted by molar-refractivity contribution is 5.57. The van der Waals surface area contributed by atoms with Crippen LogP contribution in [0.1, 0.15) is 31.7 Å². The molecule has 0 amide bonds. The van der Waals surface area contributed by atoms with Crippen LogP contribution in [0.15, 0.2) is 12.3 Å². The van der Waals surface area contributed by atoms with Crippen LogP contribution in [0, 0.1) is 17.2 Å². The number of anilines is 2. The third-order valence-corrected chi connectivity index (χ3v) is 3.25. The maximum absolute atomic E-state index is 8.98. The summed E-state index contributed by atoms with van der Waals surface area (Å²) in [4.78, 5) is 4.17. The van der Waals surface area contributed by atoms with Crippen LogP contribution in [0.25, 0.3) is 0 Å². The summed E-state index contributed by atoms with van der Waals surface area (Å²) in [6, 6.07) is 4.14. The fourth-order valence-electron chi connectivity index (χ4n) is 1.95. The summed E-state index contributed by atoms with van der Waals surface area (Å²) in [5, 5.41) is 12.3. The molecular formula is C12H16N4. The highest BCUT2D eigenvalue weighted by atomic mass is 15.0. The predicted octanol–water partition coefficient (Wildman–Crippen LogP) is 2.14. The molecule has 1 heterocycles. The van der Waals surface area contributed by atoms with Crippen molar-refractivity contribution in [3.63, 3.8) is 0 Å². The van der Waals surface area contributed by atoms with Crippen molar-refractivity contribution < 1.29 is 0 Å². The summed E-state index contributed by atoms with van der Waals surface area (Å²) in [7, 11) is 0. The molecule has 1 unspecified atom stereocenters. The first-order valence-electron chi connectivity index (χ1n) is 5.63. The quantitative estimate of drug-likeness (QED) is 0.811. The van der Waals surface area contributed by atoms with Crippen molar-refractivity contribution in [3.05, 3.63) is 17.8 Å². The van der Waals surface area contributed by atoms with Gasteiger partial charge in [-0.3, -0.25) is 0 Å². The van der Waals surface area contributed by atoms with Gasteiger partial charge in [0.25, 0.3) is 0 Å². The molecule has 4 heteroatoms. The molecule has 3 N–H and O–H groups in total. The fourth-order valence-corrected chi connectivity index (χ4v) is 1.95. The maximum Gasteiger partial charge on any atom is 0.144 e. The number of hydrogen-bond acceptors (Lipinski definition) is 4. The number of rotatable bonds is 3. The van der Waals surface area contributed by atoms with Crippen molar-refractivity contribution in [2.45, 2.75) is 32.2 Å². The van der Waals surface area contributed by atoms with Crippen LogP contribution in [0.4, 0.5) is 11.5 Å². The van der Waals surface area contributed by atoms with Gasteiger partial charge >= 0.3 is 0 Å². The van der Waals surface area contributed by atoms with Gasteiger partial charge in [-0.05, 0) is 31.7 Å². The van der Waals surface area contributed by atoms with Crippen LogP contribution in [0.5, 0.6) is 0 Å². The number of hydrogen-bond donors (Lipinski definition) is 2.